The Balaban J connectivity index is 0.00000288. The number of amides is 2. The van der Waals surface area contributed by atoms with Gasteiger partial charge < -0.3 is 20.1 Å². The predicted molar refractivity (Wildman–Crippen MR) is 90.0 cm³/mol. The summed E-state index contributed by atoms with van der Waals surface area (Å²) in [5, 5.41) is 14.3. The summed E-state index contributed by atoms with van der Waals surface area (Å²) in [6, 6.07) is -1.63. The van der Waals surface area contributed by atoms with Gasteiger partial charge in [-0.15, -0.1) is 23.5 Å². The fourth-order valence-electron chi connectivity index (χ4n) is 2.67. The molecule has 0 aliphatic carbocycles. The second-order valence-corrected chi connectivity index (χ2v) is 9.33. The number of β-lactam (4-membered cyclic amide) rings is 1. The van der Waals surface area contributed by atoms with Crippen molar-refractivity contribution in [2.75, 3.05) is 11.5 Å². The first-order valence-corrected chi connectivity index (χ1v) is 9.46. The number of carbonyl (C=O) groups excluding carboxylic acids is 3. The number of carbonyl (C=O) groups is 3. The number of rotatable bonds is 6. The van der Waals surface area contributed by atoms with Crippen molar-refractivity contribution in [1.82, 2.24) is 10.2 Å². The van der Waals surface area contributed by atoms with E-state index in [0.29, 0.717) is 10.8 Å². The molecule has 0 spiro atoms. The molecule has 10 heteroatoms. The van der Waals surface area contributed by atoms with Crippen LogP contribution in [0, 0.1) is 0 Å². The summed E-state index contributed by atoms with van der Waals surface area (Å²) in [5.74, 6) is -1.04. The Morgan fingerprint density at radius 3 is 2.67 bits per heavy atom. The average molecular weight is 417 g/mol. The number of carboxylic acid groups (broad SMARTS) is 1. The van der Waals surface area contributed by atoms with Crippen molar-refractivity contribution in [1.29, 1.82) is 0 Å². The number of hydrogen-bond acceptors (Lipinski definition) is 6. The van der Waals surface area contributed by atoms with Crippen LogP contribution in [0.15, 0.2) is 11.1 Å². The topological polar surface area (TPSA) is 89.5 Å². The van der Waals surface area contributed by atoms with Crippen molar-refractivity contribution in [3.05, 3.63) is 11.1 Å². The van der Waals surface area contributed by atoms with Crippen molar-refractivity contribution in [3.63, 3.8) is 0 Å². The van der Waals surface area contributed by atoms with E-state index in [1.54, 1.807) is 26.8 Å². The maximum atomic E-state index is 12.2. The Morgan fingerprint density at radius 2 is 2.12 bits per heavy atom. The molecule has 0 aromatic rings. The number of allylic oxidation sites excluding steroid dienone is 1. The average Bonchev–Trinajstić information content (AvgIpc) is 2.69. The van der Waals surface area contributed by atoms with Crippen LogP contribution < -0.4 is 61.8 Å². The van der Waals surface area contributed by atoms with E-state index in [2.05, 4.69) is 5.32 Å². The number of fused-ring (bicyclic) bond motifs is 1. The van der Waals surface area contributed by atoms with Gasteiger partial charge in [-0.05, 0) is 20.8 Å². The van der Waals surface area contributed by atoms with Crippen molar-refractivity contribution >= 4 is 52.9 Å². The van der Waals surface area contributed by atoms with Gasteiger partial charge in [-0.3, -0.25) is 9.59 Å². The smallest absolute Gasteiger partial charge is 0.548 e. The van der Waals surface area contributed by atoms with Crippen LogP contribution in [0.25, 0.3) is 0 Å². The molecule has 0 bridgehead atoms. The molecule has 2 amide bonds. The number of hydrogen-bond donors (Lipinski definition) is 1. The number of nitrogens with one attached hydrogen (secondary N) is 1. The van der Waals surface area contributed by atoms with Crippen LogP contribution in [0.1, 0.15) is 20.8 Å². The summed E-state index contributed by atoms with van der Waals surface area (Å²) in [4.78, 5) is 36.7. The van der Waals surface area contributed by atoms with Crippen LogP contribution in [-0.2, 0) is 14.4 Å². The van der Waals surface area contributed by atoms with Crippen LogP contribution in [0.2, 0.25) is 0 Å². The zero-order valence-corrected chi connectivity index (χ0v) is 19.5. The van der Waals surface area contributed by atoms with E-state index in [-0.39, 0.29) is 74.3 Å². The minimum Gasteiger partial charge on any atom is -0.548 e. The third-order valence-corrected chi connectivity index (χ3v) is 6.29. The van der Waals surface area contributed by atoms with Crippen molar-refractivity contribution in [3.8, 4) is 0 Å². The standard InChI is InChI=1S/C14H19ClN2O4S2.K/c1-7(15)4-5-22-6-8(18)16-9-11(19)17-10(13(20)21)14(2,3)23-12(9)17;/h4,9-10,12H,5-6H2,1-3H3,(H,16,18)(H,20,21);/q;+1/p-1/t9-,10+,12-;/m1./s1. The molecule has 2 rings (SSSR count). The van der Waals surface area contributed by atoms with Gasteiger partial charge in [0, 0.05) is 15.5 Å². The molecule has 2 heterocycles. The number of nitrogens with zero attached hydrogens (tertiary/aromatic N) is 1. The third-order valence-electron chi connectivity index (χ3n) is 3.70. The molecule has 2 saturated heterocycles. The van der Waals surface area contributed by atoms with Crippen molar-refractivity contribution < 1.29 is 70.9 Å². The number of carboxylic acids is 1. The molecule has 2 aliphatic heterocycles. The van der Waals surface area contributed by atoms with Crippen molar-refractivity contribution in [2.24, 2.45) is 0 Å². The number of aliphatic carboxylic acids is 1. The molecule has 2 aliphatic rings. The van der Waals surface area contributed by atoms with Gasteiger partial charge in [0.05, 0.1) is 17.8 Å². The Kier molecular flexibility index (Phi) is 8.67. The van der Waals surface area contributed by atoms with E-state index < -0.39 is 22.8 Å². The quantitative estimate of drug-likeness (QED) is 0.285. The Labute approximate surface area is 197 Å². The molecule has 0 aromatic heterocycles. The van der Waals surface area contributed by atoms with Gasteiger partial charge in [-0.2, -0.15) is 0 Å². The van der Waals surface area contributed by atoms with Gasteiger partial charge in [0.1, 0.15) is 11.4 Å². The van der Waals surface area contributed by atoms with Gasteiger partial charge in [0.2, 0.25) is 11.8 Å². The SMILES string of the molecule is CC(Cl)=CCSCC(=O)N[C@@H]1C(=O)N2[C@@H]1SC(C)(C)[C@@H]2C(=O)[O-].[K+]. The Morgan fingerprint density at radius 1 is 1.50 bits per heavy atom. The summed E-state index contributed by atoms with van der Waals surface area (Å²) in [7, 11) is 0. The molecule has 0 aromatic carbocycles. The molecule has 1 N–H and O–H groups in total. The zero-order chi connectivity index (χ0) is 17.4. The van der Waals surface area contributed by atoms with Crippen molar-refractivity contribution in [2.45, 2.75) is 43.0 Å². The van der Waals surface area contributed by atoms with Crippen LogP contribution in [0.4, 0.5) is 0 Å². The molecule has 2 fully saturated rings. The van der Waals surface area contributed by atoms with Gasteiger partial charge in [0.25, 0.3) is 0 Å². The first-order valence-electron chi connectivity index (χ1n) is 7.05. The number of halogens is 1. The largest absolute Gasteiger partial charge is 1.00 e. The Bertz CT molecular complexity index is 569. The van der Waals surface area contributed by atoms with E-state index in [0.717, 1.165) is 0 Å². The monoisotopic (exact) mass is 416 g/mol. The normalized spacial score (nSPS) is 27.8. The summed E-state index contributed by atoms with van der Waals surface area (Å²) in [5.41, 5.74) is 0. The zero-order valence-electron chi connectivity index (χ0n) is 14.0. The molecule has 3 atom stereocenters. The molecule has 6 nitrogen and oxygen atoms in total. The Hall–Kier alpha value is 0.776. The second kappa shape index (κ2) is 9.12. The van der Waals surface area contributed by atoms with Gasteiger partial charge >= 0.3 is 51.4 Å². The van der Waals surface area contributed by atoms with Crippen LogP contribution in [-0.4, -0.2) is 56.4 Å². The van der Waals surface area contributed by atoms with Gasteiger partial charge in [0.15, 0.2) is 0 Å². The molecule has 0 saturated carbocycles. The first-order chi connectivity index (χ1) is 10.6. The molecule has 0 unspecified atom stereocenters. The fraction of sp³-hybridized carbons (Fsp3) is 0.643. The predicted octanol–water partition coefficient (Wildman–Crippen LogP) is -2.84. The maximum Gasteiger partial charge on any atom is 1.00 e. The van der Waals surface area contributed by atoms with E-state index in [1.807, 2.05) is 0 Å². The summed E-state index contributed by atoms with van der Waals surface area (Å²) < 4.78 is -0.643. The summed E-state index contributed by atoms with van der Waals surface area (Å²) in [6.45, 7) is 5.29. The molecule has 128 valence electrons. The summed E-state index contributed by atoms with van der Waals surface area (Å²) in [6.07, 6.45) is 1.80. The summed E-state index contributed by atoms with van der Waals surface area (Å²) >= 11 is 8.46. The maximum absolute atomic E-state index is 12.2. The van der Waals surface area contributed by atoms with Gasteiger partial charge in [-0.25, -0.2) is 0 Å². The van der Waals surface area contributed by atoms with Gasteiger partial charge in [-0.1, -0.05) is 17.7 Å². The second-order valence-electron chi connectivity index (χ2n) is 5.93. The number of thioether (sulfide) groups is 2. The molecular weight excluding hydrogens is 399 g/mol. The van der Waals surface area contributed by atoms with E-state index in [9.17, 15) is 19.5 Å². The van der Waals surface area contributed by atoms with Crippen LogP contribution in [0.5, 0.6) is 0 Å². The van der Waals surface area contributed by atoms with E-state index in [1.165, 1.54) is 28.4 Å². The minimum absolute atomic E-state index is 0. The van der Waals surface area contributed by atoms with Crippen LogP contribution >= 0.6 is 35.1 Å². The molecule has 24 heavy (non-hydrogen) atoms. The minimum atomic E-state index is -1.26. The molecular formula is C14H18ClKN2O4S2. The molecule has 0 radical (unpaired) electrons. The van der Waals surface area contributed by atoms with Crippen LogP contribution in [0.3, 0.4) is 0 Å². The van der Waals surface area contributed by atoms with E-state index in [4.69, 9.17) is 11.6 Å². The third kappa shape index (κ3) is 4.94. The first kappa shape index (κ1) is 22.8. The van der Waals surface area contributed by atoms with E-state index >= 15 is 0 Å². The fourth-order valence-corrected chi connectivity index (χ4v) is 5.21.